The molecule has 0 bridgehead atoms. The normalized spacial score (nSPS) is 12.3. The summed E-state index contributed by atoms with van der Waals surface area (Å²) >= 11 is 14.8. The predicted octanol–water partition coefficient (Wildman–Crippen LogP) is 3.12. The summed E-state index contributed by atoms with van der Waals surface area (Å²) < 4.78 is 5.97. The number of methoxy groups -OCH3 is 1. The Morgan fingerprint density at radius 1 is 1.56 bits per heavy atom. The molecule has 16 heavy (non-hydrogen) atoms. The number of anilines is 1. The predicted molar refractivity (Wildman–Crippen MR) is 70.9 cm³/mol. The van der Waals surface area contributed by atoms with Gasteiger partial charge in [0.1, 0.15) is 0 Å². The third-order valence-electron chi connectivity index (χ3n) is 1.92. The molecule has 0 amide bonds. The summed E-state index contributed by atoms with van der Waals surface area (Å²) in [4.78, 5) is 0. The quantitative estimate of drug-likeness (QED) is 0.816. The van der Waals surface area contributed by atoms with Gasteiger partial charge < -0.3 is 15.2 Å². The van der Waals surface area contributed by atoms with Crippen LogP contribution in [0.4, 0.5) is 5.69 Å². The lowest BCUT2D eigenvalue weighted by molar-refractivity contribution is 0.211. The third-order valence-corrected chi connectivity index (χ3v) is 3.08. The van der Waals surface area contributed by atoms with Crippen molar-refractivity contribution in [1.29, 1.82) is 0 Å². The molecule has 2 N–H and O–H groups in total. The lowest BCUT2D eigenvalue weighted by atomic mass is 10.2. The molecule has 0 saturated carbocycles. The van der Waals surface area contributed by atoms with E-state index in [0.29, 0.717) is 23.0 Å². The van der Waals surface area contributed by atoms with Gasteiger partial charge in [-0.1, -0.05) is 11.6 Å². The van der Waals surface area contributed by atoms with Crippen molar-refractivity contribution in [1.82, 2.24) is 0 Å². The van der Waals surface area contributed by atoms with Crippen LogP contribution in [0.1, 0.15) is 0 Å². The van der Waals surface area contributed by atoms with E-state index in [1.165, 1.54) is 0 Å². The highest BCUT2D eigenvalue weighted by Crippen LogP contribution is 2.36. The molecule has 0 saturated heterocycles. The molecule has 1 aromatic carbocycles. The van der Waals surface area contributed by atoms with E-state index in [0.717, 1.165) is 4.47 Å². The maximum absolute atomic E-state index is 9.34. The van der Waals surface area contributed by atoms with Crippen molar-refractivity contribution in [3.63, 3.8) is 0 Å². The fourth-order valence-corrected chi connectivity index (χ4v) is 2.26. The number of hydrogen-bond donors (Lipinski definition) is 2. The Kier molecular flexibility index (Phi) is 5.69. The number of hydrogen-bond acceptors (Lipinski definition) is 3. The molecular weight excluding hydrogens is 317 g/mol. The summed E-state index contributed by atoms with van der Waals surface area (Å²) in [5, 5.41) is 12.9. The highest BCUT2D eigenvalue weighted by atomic mass is 79.9. The molecule has 3 nitrogen and oxygen atoms in total. The summed E-state index contributed by atoms with van der Waals surface area (Å²) in [5.74, 6) is 0.822. The first kappa shape index (κ1) is 13.9. The molecule has 1 unspecified atom stereocenters. The standard InChI is InChI=1S/C10H12BrCl2NO2/c1-16-10-8(11)2-6(13)3-9(10)14-5-7(15)4-12/h2-3,7,14-15H,4-5H2,1H3. The molecule has 1 aromatic rings. The largest absolute Gasteiger partial charge is 0.493 e. The summed E-state index contributed by atoms with van der Waals surface area (Å²) in [7, 11) is 1.57. The van der Waals surface area contributed by atoms with Crippen molar-refractivity contribution in [2.75, 3.05) is 24.9 Å². The SMILES string of the molecule is COc1c(Br)cc(Cl)cc1NCC(O)CCl. The van der Waals surface area contributed by atoms with Crippen LogP contribution in [0.25, 0.3) is 0 Å². The number of alkyl halides is 1. The first-order valence-electron chi connectivity index (χ1n) is 4.59. The first-order valence-corrected chi connectivity index (χ1v) is 6.30. The zero-order valence-electron chi connectivity index (χ0n) is 8.64. The molecule has 90 valence electrons. The van der Waals surface area contributed by atoms with Crippen LogP contribution in [-0.4, -0.2) is 30.7 Å². The molecule has 6 heteroatoms. The van der Waals surface area contributed by atoms with Crippen LogP contribution < -0.4 is 10.1 Å². The molecule has 1 atom stereocenters. The summed E-state index contributed by atoms with van der Waals surface area (Å²) in [5.41, 5.74) is 0.714. The van der Waals surface area contributed by atoms with Gasteiger partial charge in [0.15, 0.2) is 5.75 Å². The molecular formula is C10H12BrCl2NO2. The van der Waals surface area contributed by atoms with Gasteiger partial charge in [0.2, 0.25) is 0 Å². The fourth-order valence-electron chi connectivity index (χ4n) is 1.18. The van der Waals surface area contributed by atoms with Gasteiger partial charge in [-0.25, -0.2) is 0 Å². The van der Waals surface area contributed by atoms with Crippen molar-refractivity contribution in [3.8, 4) is 5.75 Å². The number of benzene rings is 1. The van der Waals surface area contributed by atoms with Gasteiger partial charge in [0.25, 0.3) is 0 Å². The van der Waals surface area contributed by atoms with E-state index in [2.05, 4.69) is 21.2 Å². The van der Waals surface area contributed by atoms with Crippen LogP contribution in [-0.2, 0) is 0 Å². The van der Waals surface area contributed by atoms with Crippen LogP contribution >= 0.6 is 39.1 Å². The Hall–Kier alpha value is -0.160. The van der Waals surface area contributed by atoms with Crippen molar-refractivity contribution in [2.45, 2.75) is 6.10 Å². The lowest BCUT2D eigenvalue weighted by Crippen LogP contribution is -2.21. The van der Waals surface area contributed by atoms with Crippen LogP contribution in [0, 0.1) is 0 Å². The molecule has 0 spiro atoms. The maximum atomic E-state index is 9.34. The van der Waals surface area contributed by atoms with Crippen molar-refractivity contribution in [2.24, 2.45) is 0 Å². The van der Waals surface area contributed by atoms with Crippen LogP contribution in [0.2, 0.25) is 5.02 Å². The molecule has 0 aromatic heterocycles. The van der Waals surface area contributed by atoms with Gasteiger partial charge in [-0.05, 0) is 28.1 Å². The smallest absolute Gasteiger partial charge is 0.156 e. The lowest BCUT2D eigenvalue weighted by Gasteiger charge is -2.15. The third kappa shape index (κ3) is 3.70. The summed E-state index contributed by atoms with van der Waals surface area (Å²) in [6.07, 6.45) is -0.607. The molecule has 0 fully saturated rings. The fraction of sp³-hybridized carbons (Fsp3) is 0.400. The summed E-state index contributed by atoms with van der Waals surface area (Å²) in [6, 6.07) is 3.47. The average Bonchev–Trinajstić information content (AvgIpc) is 2.25. The van der Waals surface area contributed by atoms with E-state index >= 15 is 0 Å². The minimum absolute atomic E-state index is 0.178. The minimum atomic E-state index is -0.607. The van der Waals surface area contributed by atoms with Gasteiger partial charge in [-0.3, -0.25) is 0 Å². The second-order valence-corrected chi connectivity index (χ2v) is 4.76. The van der Waals surface area contributed by atoms with Crippen molar-refractivity contribution in [3.05, 3.63) is 21.6 Å². The van der Waals surface area contributed by atoms with Gasteiger partial charge in [0, 0.05) is 11.6 Å². The molecule has 0 aliphatic heterocycles. The second-order valence-electron chi connectivity index (χ2n) is 3.16. The number of halogens is 3. The summed E-state index contributed by atoms with van der Waals surface area (Å²) in [6.45, 7) is 0.340. The van der Waals surface area contributed by atoms with E-state index in [1.807, 2.05) is 0 Å². The zero-order chi connectivity index (χ0) is 12.1. The maximum Gasteiger partial charge on any atom is 0.156 e. The topological polar surface area (TPSA) is 41.5 Å². The van der Waals surface area contributed by atoms with E-state index < -0.39 is 6.10 Å². The van der Waals surface area contributed by atoms with E-state index in [9.17, 15) is 5.11 Å². The first-order chi connectivity index (χ1) is 7.58. The van der Waals surface area contributed by atoms with Crippen LogP contribution in [0.3, 0.4) is 0 Å². The number of rotatable bonds is 5. The van der Waals surface area contributed by atoms with Crippen molar-refractivity contribution < 1.29 is 9.84 Å². The molecule has 0 radical (unpaired) electrons. The molecule has 0 aliphatic carbocycles. The van der Waals surface area contributed by atoms with Gasteiger partial charge >= 0.3 is 0 Å². The van der Waals surface area contributed by atoms with Crippen LogP contribution in [0.5, 0.6) is 5.75 Å². The van der Waals surface area contributed by atoms with Crippen molar-refractivity contribution >= 4 is 44.8 Å². The highest BCUT2D eigenvalue weighted by Gasteiger charge is 2.10. The molecule has 0 heterocycles. The Balaban J connectivity index is 2.85. The Morgan fingerprint density at radius 3 is 2.81 bits per heavy atom. The highest BCUT2D eigenvalue weighted by molar-refractivity contribution is 9.10. The Morgan fingerprint density at radius 2 is 2.25 bits per heavy atom. The van der Waals surface area contributed by atoms with Crippen LogP contribution in [0.15, 0.2) is 16.6 Å². The molecule has 0 aliphatic rings. The van der Waals surface area contributed by atoms with E-state index in [-0.39, 0.29) is 5.88 Å². The number of ether oxygens (including phenoxy) is 1. The van der Waals surface area contributed by atoms with E-state index in [4.69, 9.17) is 27.9 Å². The van der Waals surface area contributed by atoms with Gasteiger partial charge in [-0.2, -0.15) is 0 Å². The average molecular weight is 329 g/mol. The zero-order valence-corrected chi connectivity index (χ0v) is 11.7. The number of nitrogens with one attached hydrogen (secondary N) is 1. The second kappa shape index (κ2) is 6.55. The molecule has 1 rings (SSSR count). The van der Waals surface area contributed by atoms with Gasteiger partial charge in [0.05, 0.1) is 29.3 Å². The van der Waals surface area contributed by atoms with E-state index in [1.54, 1.807) is 19.2 Å². The minimum Gasteiger partial charge on any atom is -0.493 e. The number of aliphatic hydroxyl groups excluding tert-OH is 1. The number of aliphatic hydroxyl groups is 1. The monoisotopic (exact) mass is 327 g/mol. The Bertz CT molecular complexity index is 363. The van der Waals surface area contributed by atoms with Gasteiger partial charge in [-0.15, -0.1) is 11.6 Å². The Labute approximate surface area is 113 Å².